The van der Waals surface area contributed by atoms with Crippen molar-refractivity contribution in [2.24, 2.45) is 5.92 Å². The fourth-order valence-electron chi connectivity index (χ4n) is 4.75. The van der Waals surface area contributed by atoms with Crippen molar-refractivity contribution < 1.29 is 9.53 Å². The maximum Gasteiger partial charge on any atom is 0.231 e. The minimum absolute atomic E-state index is 0. The molecule has 5 rings (SSSR count). The highest BCUT2D eigenvalue weighted by atomic mass is 35.5. The molecule has 0 bridgehead atoms. The molecule has 2 aromatic rings. The van der Waals surface area contributed by atoms with Crippen LogP contribution in [-0.2, 0) is 16.6 Å². The summed E-state index contributed by atoms with van der Waals surface area (Å²) in [7, 11) is 0. The lowest BCUT2D eigenvalue weighted by molar-refractivity contribution is -0.120. The zero-order chi connectivity index (χ0) is 17.0. The molecule has 2 atom stereocenters. The van der Waals surface area contributed by atoms with Crippen molar-refractivity contribution in [1.29, 1.82) is 0 Å². The van der Waals surface area contributed by atoms with Crippen LogP contribution in [0.4, 0.5) is 11.4 Å². The topological polar surface area (TPSA) is 55.6 Å². The molecule has 1 fully saturated rings. The van der Waals surface area contributed by atoms with Crippen LogP contribution in [0.2, 0.25) is 0 Å². The number of nitrogens with two attached hydrogens (primary N) is 1. The Labute approximate surface area is 159 Å². The highest BCUT2D eigenvalue weighted by molar-refractivity contribution is 6.00. The van der Waals surface area contributed by atoms with E-state index in [2.05, 4.69) is 6.07 Å². The SMILES string of the molecule is Cl.Nc1cccc2c1CCCN2C(=O)C1CC12CCOc1ccccc12. The standard InChI is InChI=1S/C21H22N2O2.ClH/c22-17-7-3-8-18-14(17)5-4-11-23(18)20(24)16-13-21(16)10-12-25-19-9-2-1-6-15(19)21;/h1-3,6-9,16H,4-5,10-13,22H2;1H. The number of para-hydroxylation sites is 1. The van der Waals surface area contributed by atoms with Crippen molar-refractivity contribution in [2.45, 2.75) is 31.1 Å². The van der Waals surface area contributed by atoms with Crippen molar-refractivity contribution in [1.82, 2.24) is 0 Å². The second kappa shape index (κ2) is 6.20. The number of nitrogens with zero attached hydrogens (tertiary/aromatic N) is 1. The van der Waals surface area contributed by atoms with Crippen LogP contribution in [0.3, 0.4) is 0 Å². The van der Waals surface area contributed by atoms with Crippen molar-refractivity contribution in [3.05, 3.63) is 53.6 Å². The summed E-state index contributed by atoms with van der Waals surface area (Å²) < 4.78 is 5.80. The van der Waals surface area contributed by atoms with E-state index in [1.165, 1.54) is 5.56 Å². The number of amides is 1. The number of anilines is 2. The molecule has 1 spiro atoms. The van der Waals surface area contributed by atoms with Crippen molar-refractivity contribution in [3.8, 4) is 5.75 Å². The van der Waals surface area contributed by atoms with Crippen molar-refractivity contribution in [2.75, 3.05) is 23.8 Å². The fraction of sp³-hybridized carbons (Fsp3) is 0.381. The number of rotatable bonds is 1. The van der Waals surface area contributed by atoms with Gasteiger partial charge in [0.2, 0.25) is 5.91 Å². The van der Waals surface area contributed by atoms with Gasteiger partial charge < -0.3 is 15.4 Å². The lowest BCUT2D eigenvalue weighted by Crippen LogP contribution is -2.39. The smallest absolute Gasteiger partial charge is 0.231 e. The molecule has 5 heteroatoms. The summed E-state index contributed by atoms with van der Waals surface area (Å²) in [5, 5.41) is 0. The second-order valence-corrected chi connectivity index (χ2v) is 7.45. The van der Waals surface area contributed by atoms with Gasteiger partial charge in [-0.15, -0.1) is 12.4 Å². The Balaban J connectivity index is 0.00000168. The van der Waals surface area contributed by atoms with E-state index in [0.29, 0.717) is 6.61 Å². The van der Waals surface area contributed by atoms with E-state index in [0.717, 1.165) is 54.9 Å². The van der Waals surface area contributed by atoms with Gasteiger partial charge in [-0.2, -0.15) is 0 Å². The minimum atomic E-state index is -0.0239. The molecule has 0 radical (unpaired) electrons. The van der Waals surface area contributed by atoms with Crippen molar-refractivity contribution in [3.63, 3.8) is 0 Å². The number of nitrogen functional groups attached to an aromatic ring is 1. The predicted octanol–water partition coefficient (Wildman–Crippen LogP) is 3.71. The van der Waals surface area contributed by atoms with E-state index in [-0.39, 0.29) is 29.6 Å². The molecule has 26 heavy (non-hydrogen) atoms. The van der Waals surface area contributed by atoms with Gasteiger partial charge in [-0.05, 0) is 49.4 Å². The fourth-order valence-corrected chi connectivity index (χ4v) is 4.75. The molecule has 1 amide bonds. The second-order valence-electron chi connectivity index (χ2n) is 7.45. The Hall–Kier alpha value is -2.20. The molecule has 1 aliphatic carbocycles. The molecule has 136 valence electrons. The van der Waals surface area contributed by atoms with Crippen LogP contribution < -0.4 is 15.4 Å². The van der Waals surface area contributed by atoms with Crippen LogP contribution in [0.25, 0.3) is 0 Å². The summed E-state index contributed by atoms with van der Waals surface area (Å²) in [6.45, 7) is 1.49. The van der Waals surface area contributed by atoms with Gasteiger partial charge in [0.1, 0.15) is 5.75 Å². The molecule has 2 unspecified atom stereocenters. The van der Waals surface area contributed by atoms with E-state index in [9.17, 15) is 4.79 Å². The molecular weight excluding hydrogens is 348 g/mol. The van der Waals surface area contributed by atoms with Gasteiger partial charge in [0.25, 0.3) is 0 Å². The zero-order valence-corrected chi connectivity index (χ0v) is 15.4. The molecular formula is C21H23ClN2O2. The van der Waals surface area contributed by atoms with Crippen LogP contribution in [0.5, 0.6) is 5.75 Å². The number of fused-ring (bicyclic) bond motifs is 3. The lowest BCUT2D eigenvalue weighted by Gasteiger charge is -2.32. The number of carbonyl (C=O) groups excluding carboxylic acids is 1. The van der Waals surface area contributed by atoms with Crippen LogP contribution in [-0.4, -0.2) is 19.1 Å². The largest absolute Gasteiger partial charge is 0.493 e. The average Bonchev–Trinajstić information content (AvgIpc) is 3.36. The van der Waals surface area contributed by atoms with Crippen LogP contribution in [0, 0.1) is 5.92 Å². The van der Waals surface area contributed by atoms with E-state index < -0.39 is 0 Å². The van der Waals surface area contributed by atoms with Crippen LogP contribution in [0.15, 0.2) is 42.5 Å². The number of ether oxygens (including phenoxy) is 1. The molecule has 2 N–H and O–H groups in total. The van der Waals surface area contributed by atoms with Crippen LogP contribution >= 0.6 is 12.4 Å². The predicted molar refractivity (Wildman–Crippen MR) is 105 cm³/mol. The Morgan fingerprint density at radius 3 is 2.92 bits per heavy atom. The number of hydrogen-bond acceptors (Lipinski definition) is 3. The quantitative estimate of drug-likeness (QED) is 0.778. The van der Waals surface area contributed by atoms with E-state index >= 15 is 0 Å². The third-order valence-electron chi connectivity index (χ3n) is 6.16. The van der Waals surface area contributed by atoms with E-state index in [1.807, 2.05) is 41.3 Å². The summed E-state index contributed by atoms with van der Waals surface area (Å²) in [4.78, 5) is 15.3. The van der Waals surface area contributed by atoms with E-state index in [1.54, 1.807) is 0 Å². The summed E-state index contributed by atoms with van der Waals surface area (Å²) in [5.41, 5.74) is 10.3. The van der Waals surface area contributed by atoms with Gasteiger partial charge in [0.05, 0.1) is 6.61 Å². The first-order valence-electron chi connectivity index (χ1n) is 9.12. The first-order chi connectivity index (χ1) is 12.2. The molecule has 4 nitrogen and oxygen atoms in total. The molecule has 2 heterocycles. The summed E-state index contributed by atoms with van der Waals surface area (Å²) >= 11 is 0. The molecule has 0 aromatic heterocycles. The highest BCUT2D eigenvalue weighted by Crippen LogP contribution is 2.61. The minimum Gasteiger partial charge on any atom is -0.493 e. The molecule has 1 saturated carbocycles. The van der Waals surface area contributed by atoms with Crippen LogP contribution in [0.1, 0.15) is 30.4 Å². The third kappa shape index (κ3) is 2.39. The summed E-state index contributed by atoms with van der Waals surface area (Å²) in [5.74, 6) is 1.26. The summed E-state index contributed by atoms with van der Waals surface area (Å²) in [6, 6.07) is 14.1. The Morgan fingerprint density at radius 1 is 1.19 bits per heavy atom. The van der Waals surface area contributed by atoms with Gasteiger partial charge in [0, 0.05) is 34.8 Å². The number of halogens is 1. The lowest BCUT2D eigenvalue weighted by atomic mass is 9.87. The van der Waals surface area contributed by atoms with Gasteiger partial charge in [-0.25, -0.2) is 0 Å². The third-order valence-corrected chi connectivity index (χ3v) is 6.16. The highest BCUT2D eigenvalue weighted by Gasteiger charge is 2.62. The van der Waals surface area contributed by atoms with Gasteiger partial charge in [-0.1, -0.05) is 24.3 Å². The molecule has 0 saturated heterocycles. The van der Waals surface area contributed by atoms with Gasteiger partial charge in [-0.3, -0.25) is 4.79 Å². The monoisotopic (exact) mass is 370 g/mol. The Morgan fingerprint density at radius 2 is 2.04 bits per heavy atom. The molecule has 2 aliphatic heterocycles. The first-order valence-corrected chi connectivity index (χ1v) is 9.12. The van der Waals surface area contributed by atoms with Gasteiger partial charge >= 0.3 is 0 Å². The number of hydrogen-bond donors (Lipinski definition) is 1. The zero-order valence-electron chi connectivity index (χ0n) is 14.6. The Kier molecular flexibility index (Phi) is 4.11. The summed E-state index contributed by atoms with van der Waals surface area (Å²) in [6.07, 6.45) is 3.79. The molecule has 2 aromatic carbocycles. The number of carbonyl (C=O) groups is 1. The normalized spacial score (nSPS) is 25.5. The molecule has 3 aliphatic rings. The first kappa shape index (κ1) is 17.2. The maximum atomic E-state index is 13.4. The average molecular weight is 371 g/mol. The van der Waals surface area contributed by atoms with E-state index in [4.69, 9.17) is 10.5 Å². The Bertz CT molecular complexity index is 869. The van der Waals surface area contributed by atoms with Crippen molar-refractivity contribution >= 4 is 29.7 Å². The number of benzene rings is 2. The van der Waals surface area contributed by atoms with Gasteiger partial charge in [0.15, 0.2) is 0 Å². The maximum absolute atomic E-state index is 13.4.